The maximum atomic E-state index is 9.70. The lowest BCUT2D eigenvalue weighted by atomic mass is 9.99. The average Bonchev–Trinajstić information content (AvgIpc) is 2.18. The molecule has 2 nitrogen and oxygen atoms in total. The zero-order valence-corrected chi connectivity index (χ0v) is 9.03. The molecule has 0 aromatic heterocycles. The molecule has 0 aliphatic carbocycles. The van der Waals surface area contributed by atoms with E-state index >= 15 is 0 Å². The lowest BCUT2D eigenvalue weighted by molar-refractivity contribution is 0.125. The van der Waals surface area contributed by atoms with E-state index in [1.54, 1.807) is 7.11 Å². The van der Waals surface area contributed by atoms with Gasteiger partial charge in [-0.3, -0.25) is 0 Å². The second kappa shape index (κ2) is 5.01. The van der Waals surface area contributed by atoms with Crippen LogP contribution in [0.1, 0.15) is 19.4 Å². The van der Waals surface area contributed by atoms with Crippen molar-refractivity contribution in [3.05, 3.63) is 29.8 Å². The van der Waals surface area contributed by atoms with Crippen LogP contribution >= 0.6 is 0 Å². The van der Waals surface area contributed by atoms with Gasteiger partial charge in [-0.1, -0.05) is 26.0 Å². The third-order valence-electron chi connectivity index (χ3n) is 2.35. The van der Waals surface area contributed by atoms with Gasteiger partial charge >= 0.3 is 0 Å². The summed E-state index contributed by atoms with van der Waals surface area (Å²) in [4.78, 5) is 0. The van der Waals surface area contributed by atoms with Gasteiger partial charge < -0.3 is 9.84 Å². The van der Waals surface area contributed by atoms with Gasteiger partial charge in [-0.2, -0.15) is 0 Å². The molecule has 78 valence electrons. The summed E-state index contributed by atoms with van der Waals surface area (Å²) in [5.74, 6) is 1.14. The van der Waals surface area contributed by atoms with E-state index < -0.39 is 0 Å². The quantitative estimate of drug-likeness (QED) is 0.796. The molecule has 0 aliphatic heterocycles. The Kier molecular flexibility index (Phi) is 3.96. The molecule has 1 aromatic rings. The van der Waals surface area contributed by atoms with Gasteiger partial charge in [0.1, 0.15) is 5.75 Å². The second-order valence-electron chi connectivity index (χ2n) is 3.87. The number of aliphatic hydroxyl groups excluding tert-OH is 1. The fraction of sp³-hybridized carbons (Fsp3) is 0.500. The topological polar surface area (TPSA) is 29.5 Å². The molecule has 1 aromatic carbocycles. The van der Waals surface area contributed by atoms with E-state index in [2.05, 4.69) is 0 Å². The molecule has 0 saturated heterocycles. The number of benzene rings is 1. The van der Waals surface area contributed by atoms with E-state index in [9.17, 15) is 5.11 Å². The molecule has 0 fully saturated rings. The lowest BCUT2D eigenvalue weighted by Gasteiger charge is -2.14. The van der Waals surface area contributed by atoms with Gasteiger partial charge in [-0.15, -0.1) is 0 Å². The summed E-state index contributed by atoms with van der Waals surface area (Å²) in [5.41, 5.74) is 1.12. The molecule has 14 heavy (non-hydrogen) atoms. The Balaban J connectivity index is 2.66. The number of rotatable bonds is 4. The highest BCUT2D eigenvalue weighted by Crippen LogP contribution is 2.16. The lowest BCUT2D eigenvalue weighted by Crippen LogP contribution is -2.17. The van der Waals surface area contributed by atoms with Crippen molar-refractivity contribution in [3.8, 4) is 5.75 Å². The van der Waals surface area contributed by atoms with Gasteiger partial charge in [0.25, 0.3) is 0 Å². The molecule has 0 amide bonds. The van der Waals surface area contributed by atoms with Gasteiger partial charge in [0.15, 0.2) is 0 Å². The highest BCUT2D eigenvalue weighted by atomic mass is 16.5. The maximum Gasteiger partial charge on any atom is 0.119 e. The Bertz CT molecular complexity index is 281. The molecular formula is C12H18O2. The minimum Gasteiger partial charge on any atom is -0.497 e. The number of hydrogen-bond donors (Lipinski definition) is 1. The fourth-order valence-corrected chi connectivity index (χ4v) is 1.28. The van der Waals surface area contributed by atoms with Crippen LogP contribution in [0, 0.1) is 5.92 Å². The predicted octanol–water partition coefficient (Wildman–Crippen LogP) is 2.25. The molecule has 1 rings (SSSR count). The Morgan fingerprint density at radius 2 is 2.07 bits per heavy atom. The standard InChI is InChI=1S/C12H18O2/c1-9(2)12(13)8-10-5-4-6-11(7-10)14-3/h4-7,9,12-13H,8H2,1-3H3. The average molecular weight is 194 g/mol. The smallest absolute Gasteiger partial charge is 0.119 e. The largest absolute Gasteiger partial charge is 0.497 e. The fourth-order valence-electron chi connectivity index (χ4n) is 1.28. The van der Waals surface area contributed by atoms with Gasteiger partial charge in [0.05, 0.1) is 13.2 Å². The van der Waals surface area contributed by atoms with Crippen LogP contribution in [0.5, 0.6) is 5.75 Å². The molecule has 2 heteroatoms. The van der Waals surface area contributed by atoms with Crippen LogP contribution in [-0.2, 0) is 6.42 Å². The maximum absolute atomic E-state index is 9.70. The first-order valence-corrected chi connectivity index (χ1v) is 4.94. The van der Waals surface area contributed by atoms with Gasteiger partial charge in [-0.25, -0.2) is 0 Å². The van der Waals surface area contributed by atoms with Crippen molar-refractivity contribution in [1.29, 1.82) is 0 Å². The highest BCUT2D eigenvalue weighted by Gasteiger charge is 2.09. The number of methoxy groups -OCH3 is 1. The number of ether oxygens (including phenoxy) is 1. The van der Waals surface area contributed by atoms with Crippen LogP contribution in [0.25, 0.3) is 0 Å². The normalized spacial score (nSPS) is 12.9. The van der Waals surface area contributed by atoms with Crippen molar-refractivity contribution in [3.63, 3.8) is 0 Å². The molecule has 0 radical (unpaired) electrons. The molecular weight excluding hydrogens is 176 g/mol. The van der Waals surface area contributed by atoms with Crippen molar-refractivity contribution in [2.24, 2.45) is 5.92 Å². The summed E-state index contributed by atoms with van der Waals surface area (Å²) < 4.78 is 5.12. The van der Waals surface area contributed by atoms with Crippen molar-refractivity contribution >= 4 is 0 Å². The summed E-state index contributed by atoms with van der Waals surface area (Å²) in [5, 5.41) is 9.70. The van der Waals surface area contributed by atoms with E-state index in [4.69, 9.17) is 4.74 Å². The molecule has 0 bridgehead atoms. The van der Waals surface area contributed by atoms with E-state index in [-0.39, 0.29) is 6.10 Å². The number of hydrogen-bond acceptors (Lipinski definition) is 2. The summed E-state index contributed by atoms with van der Waals surface area (Å²) in [6.45, 7) is 4.04. The number of aliphatic hydroxyl groups is 1. The molecule has 1 unspecified atom stereocenters. The Morgan fingerprint density at radius 1 is 1.36 bits per heavy atom. The van der Waals surface area contributed by atoms with Gasteiger partial charge in [0, 0.05) is 0 Å². The molecule has 0 aliphatic rings. The van der Waals surface area contributed by atoms with Crippen LogP contribution < -0.4 is 4.74 Å². The van der Waals surface area contributed by atoms with Gasteiger partial charge in [-0.05, 0) is 30.0 Å². The van der Waals surface area contributed by atoms with Crippen LogP contribution in [-0.4, -0.2) is 18.3 Å². The Hall–Kier alpha value is -1.02. The predicted molar refractivity (Wildman–Crippen MR) is 57.5 cm³/mol. The third-order valence-corrected chi connectivity index (χ3v) is 2.35. The highest BCUT2D eigenvalue weighted by molar-refractivity contribution is 5.28. The van der Waals surface area contributed by atoms with Crippen LogP contribution in [0.4, 0.5) is 0 Å². The SMILES string of the molecule is COc1cccc(CC(O)C(C)C)c1. The van der Waals surface area contributed by atoms with E-state index in [1.807, 2.05) is 38.1 Å². The van der Waals surface area contributed by atoms with Crippen LogP contribution in [0.3, 0.4) is 0 Å². The van der Waals surface area contributed by atoms with Crippen LogP contribution in [0.15, 0.2) is 24.3 Å². The van der Waals surface area contributed by atoms with Crippen LogP contribution in [0.2, 0.25) is 0 Å². The van der Waals surface area contributed by atoms with E-state index in [0.717, 1.165) is 11.3 Å². The molecule has 0 spiro atoms. The molecule has 0 saturated carbocycles. The van der Waals surface area contributed by atoms with E-state index in [0.29, 0.717) is 12.3 Å². The van der Waals surface area contributed by atoms with Crippen molar-refractivity contribution in [2.45, 2.75) is 26.4 Å². The summed E-state index contributed by atoms with van der Waals surface area (Å²) >= 11 is 0. The first-order chi connectivity index (χ1) is 6.63. The second-order valence-corrected chi connectivity index (χ2v) is 3.87. The van der Waals surface area contributed by atoms with E-state index in [1.165, 1.54) is 0 Å². The summed E-state index contributed by atoms with van der Waals surface area (Å²) in [6.07, 6.45) is 0.414. The molecule has 1 N–H and O–H groups in total. The van der Waals surface area contributed by atoms with Crippen molar-refractivity contribution in [2.75, 3.05) is 7.11 Å². The van der Waals surface area contributed by atoms with Crippen molar-refractivity contribution in [1.82, 2.24) is 0 Å². The zero-order valence-electron chi connectivity index (χ0n) is 9.03. The minimum atomic E-state index is -0.276. The monoisotopic (exact) mass is 194 g/mol. The first-order valence-electron chi connectivity index (χ1n) is 4.94. The van der Waals surface area contributed by atoms with Gasteiger partial charge in [0.2, 0.25) is 0 Å². The Labute approximate surface area is 85.5 Å². The summed E-state index contributed by atoms with van der Waals surface area (Å²) in [6, 6.07) is 7.83. The Morgan fingerprint density at radius 3 is 2.64 bits per heavy atom. The summed E-state index contributed by atoms with van der Waals surface area (Å²) in [7, 11) is 1.65. The third kappa shape index (κ3) is 3.04. The first kappa shape index (κ1) is 11.1. The zero-order chi connectivity index (χ0) is 10.6. The molecule has 1 atom stereocenters. The minimum absolute atomic E-state index is 0.276. The van der Waals surface area contributed by atoms with Crippen molar-refractivity contribution < 1.29 is 9.84 Å². The molecule has 0 heterocycles.